The predicted molar refractivity (Wildman–Crippen MR) is 60.7 cm³/mol. The van der Waals surface area contributed by atoms with Crippen molar-refractivity contribution in [2.45, 2.75) is 50.9 Å². The van der Waals surface area contributed by atoms with Crippen LogP contribution in [0.2, 0.25) is 0 Å². The van der Waals surface area contributed by atoms with Crippen LogP contribution in [0, 0.1) is 0 Å². The number of rotatable bonds is 5. The number of likely N-dealkylation sites (N-methyl/N-ethyl adjacent to an activating group) is 1. The second kappa shape index (κ2) is 5.80. The summed E-state index contributed by atoms with van der Waals surface area (Å²) in [6.45, 7) is 5.07. The highest BCUT2D eigenvalue weighted by Gasteiger charge is 2.33. The first-order valence-electron chi connectivity index (χ1n) is 5.81. The summed E-state index contributed by atoms with van der Waals surface area (Å²) < 4.78 is 5.53. The largest absolute Gasteiger partial charge is 0.395 e. The Morgan fingerprint density at radius 1 is 1.60 bits per heavy atom. The molecule has 1 aliphatic heterocycles. The van der Waals surface area contributed by atoms with E-state index < -0.39 is 0 Å². The van der Waals surface area contributed by atoms with Gasteiger partial charge in [0.2, 0.25) is 0 Å². The van der Waals surface area contributed by atoms with Crippen molar-refractivity contribution in [3.8, 4) is 0 Å². The molecule has 1 aliphatic rings. The third-order valence-corrected chi connectivity index (χ3v) is 3.54. The van der Waals surface area contributed by atoms with Gasteiger partial charge in [0.1, 0.15) is 0 Å². The highest BCUT2D eigenvalue weighted by atomic mass is 16.5. The van der Waals surface area contributed by atoms with Gasteiger partial charge in [-0.1, -0.05) is 6.92 Å². The zero-order valence-electron chi connectivity index (χ0n) is 10.0. The van der Waals surface area contributed by atoms with Crippen molar-refractivity contribution in [2.24, 2.45) is 5.73 Å². The van der Waals surface area contributed by atoms with E-state index in [2.05, 4.69) is 18.7 Å². The molecule has 0 aliphatic carbocycles. The Kier molecular flexibility index (Phi) is 4.99. The Labute approximate surface area is 92.4 Å². The van der Waals surface area contributed by atoms with E-state index in [0.717, 1.165) is 19.4 Å². The number of aliphatic hydroxyl groups is 1. The predicted octanol–water partition coefficient (Wildman–Crippen LogP) is 0.194. The molecule has 15 heavy (non-hydrogen) atoms. The molecule has 3 N–H and O–H groups in total. The van der Waals surface area contributed by atoms with E-state index in [4.69, 9.17) is 10.5 Å². The van der Waals surface area contributed by atoms with Crippen LogP contribution in [0.5, 0.6) is 0 Å². The van der Waals surface area contributed by atoms with Crippen LogP contribution in [0.25, 0.3) is 0 Å². The average molecular weight is 216 g/mol. The molecule has 0 aromatic carbocycles. The van der Waals surface area contributed by atoms with Crippen LogP contribution >= 0.6 is 0 Å². The van der Waals surface area contributed by atoms with E-state index >= 15 is 0 Å². The number of aliphatic hydroxyl groups excluding tert-OH is 1. The van der Waals surface area contributed by atoms with Gasteiger partial charge >= 0.3 is 0 Å². The van der Waals surface area contributed by atoms with Crippen LogP contribution < -0.4 is 5.73 Å². The van der Waals surface area contributed by atoms with Gasteiger partial charge in [-0.25, -0.2) is 0 Å². The van der Waals surface area contributed by atoms with Gasteiger partial charge in [0, 0.05) is 24.7 Å². The number of nitrogens with two attached hydrogens (primary N) is 1. The number of nitrogens with zero attached hydrogens (tertiary/aromatic N) is 1. The van der Waals surface area contributed by atoms with Crippen molar-refractivity contribution in [1.82, 2.24) is 4.90 Å². The molecule has 0 aromatic heterocycles. The lowest BCUT2D eigenvalue weighted by atomic mass is 10.0. The van der Waals surface area contributed by atoms with Gasteiger partial charge in [0.15, 0.2) is 0 Å². The molecule has 4 nitrogen and oxygen atoms in total. The summed E-state index contributed by atoms with van der Waals surface area (Å²) >= 11 is 0. The summed E-state index contributed by atoms with van der Waals surface area (Å²) in [5, 5.41) is 9.38. The second-order valence-electron chi connectivity index (χ2n) is 4.42. The highest BCUT2D eigenvalue weighted by Crippen LogP contribution is 2.21. The Morgan fingerprint density at radius 3 is 2.67 bits per heavy atom. The summed E-state index contributed by atoms with van der Waals surface area (Å²) in [7, 11) is 2.03. The minimum absolute atomic E-state index is 0.0350. The summed E-state index contributed by atoms with van der Waals surface area (Å²) in [5.41, 5.74) is 6.00. The van der Waals surface area contributed by atoms with Gasteiger partial charge < -0.3 is 15.6 Å². The quantitative estimate of drug-likeness (QED) is 0.689. The molecular weight excluding hydrogens is 192 g/mol. The van der Waals surface area contributed by atoms with Crippen molar-refractivity contribution in [3.63, 3.8) is 0 Å². The lowest BCUT2D eigenvalue weighted by Crippen LogP contribution is -2.53. The third-order valence-electron chi connectivity index (χ3n) is 3.54. The first-order valence-corrected chi connectivity index (χ1v) is 5.81. The molecule has 4 unspecified atom stereocenters. The maximum absolute atomic E-state index is 9.38. The molecule has 4 heteroatoms. The topological polar surface area (TPSA) is 58.7 Å². The molecule has 4 atom stereocenters. The Balaban J connectivity index is 2.59. The Morgan fingerprint density at radius 2 is 2.27 bits per heavy atom. The van der Waals surface area contributed by atoms with Crippen LogP contribution in [0.4, 0.5) is 0 Å². The average Bonchev–Trinajstić information content (AvgIpc) is 2.65. The first kappa shape index (κ1) is 12.9. The zero-order chi connectivity index (χ0) is 11.4. The standard InChI is InChI=1S/C11H24N2O2/c1-4-9(12)11(7-14)13(3)10-5-6-15-8(10)2/h8-11,14H,4-7,12H2,1-3H3. The van der Waals surface area contributed by atoms with E-state index in [1.54, 1.807) is 0 Å². The number of hydrogen-bond donors (Lipinski definition) is 2. The Bertz CT molecular complexity index is 189. The minimum atomic E-state index is 0.0350. The van der Waals surface area contributed by atoms with Gasteiger partial charge in [0.05, 0.1) is 12.7 Å². The minimum Gasteiger partial charge on any atom is -0.395 e. The van der Waals surface area contributed by atoms with Crippen LogP contribution in [0.1, 0.15) is 26.7 Å². The summed E-state index contributed by atoms with van der Waals surface area (Å²) in [5.74, 6) is 0. The van der Waals surface area contributed by atoms with Crippen molar-refractivity contribution in [2.75, 3.05) is 20.3 Å². The lowest BCUT2D eigenvalue weighted by molar-refractivity contribution is 0.0422. The van der Waals surface area contributed by atoms with Gasteiger partial charge in [0.25, 0.3) is 0 Å². The molecule has 90 valence electrons. The van der Waals surface area contributed by atoms with Crippen molar-refractivity contribution in [1.29, 1.82) is 0 Å². The lowest BCUT2D eigenvalue weighted by Gasteiger charge is -2.36. The molecule has 1 heterocycles. The molecule has 0 radical (unpaired) electrons. The van der Waals surface area contributed by atoms with E-state index in [1.165, 1.54) is 0 Å². The fourth-order valence-corrected chi connectivity index (χ4v) is 2.34. The van der Waals surface area contributed by atoms with Crippen LogP contribution in [-0.4, -0.2) is 54.5 Å². The molecule has 0 spiro atoms. The molecule has 1 fully saturated rings. The van der Waals surface area contributed by atoms with E-state index in [-0.39, 0.29) is 24.8 Å². The summed E-state index contributed by atoms with van der Waals surface area (Å²) in [4.78, 5) is 2.19. The van der Waals surface area contributed by atoms with Gasteiger partial charge in [-0.2, -0.15) is 0 Å². The van der Waals surface area contributed by atoms with Crippen LogP contribution in [0.15, 0.2) is 0 Å². The normalized spacial score (nSPS) is 30.8. The maximum atomic E-state index is 9.38. The van der Waals surface area contributed by atoms with Crippen LogP contribution in [0.3, 0.4) is 0 Å². The molecule has 0 saturated carbocycles. The van der Waals surface area contributed by atoms with E-state index in [1.807, 2.05) is 7.05 Å². The van der Waals surface area contributed by atoms with E-state index in [0.29, 0.717) is 6.04 Å². The fourth-order valence-electron chi connectivity index (χ4n) is 2.34. The van der Waals surface area contributed by atoms with Gasteiger partial charge in [-0.05, 0) is 26.8 Å². The Hall–Kier alpha value is -0.160. The maximum Gasteiger partial charge on any atom is 0.0703 e. The van der Waals surface area contributed by atoms with Crippen LogP contribution in [-0.2, 0) is 4.74 Å². The molecule has 0 aromatic rings. The molecule has 0 amide bonds. The zero-order valence-corrected chi connectivity index (χ0v) is 10.0. The second-order valence-corrected chi connectivity index (χ2v) is 4.42. The van der Waals surface area contributed by atoms with Crippen molar-refractivity contribution < 1.29 is 9.84 Å². The smallest absolute Gasteiger partial charge is 0.0703 e. The van der Waals surface area contributed by atoms with Crippen molar-refractivity contribution >= 4 is 0 Å². The monoisotopic (exact) mass is 216 g/mol. The summed E-state index contributed by atoms with van der Waals surface area (Å²) in [6, 6.07) is 0.469. The number of ether oxygens (including phenoxy) is 1. The molecule has 1 rings (SSSR count). The van der Waals surface area contributed by atoms with Crippen molar-refractivity contribution in [3.05, 3.63) is 0 Å². The first-order chi connectivity index (χ1) is 7.11. The highest BCUT2D eigenvalue weighted by molar-refractivity contribution is 4.88. The fraction of sp³-hybridized carbons (Fsp3) is 1.00. The third kappa shape index (κ3) is 2.91. The number of hydrogen-bond acceptors (Lipinski definition) is 4. The van der Waals surface area contributed by atoms with Gasteiger partial charge in [-0.15, -0.1) is 0 Å². The van der Waals surface area contributed by atoms with Gasteiger partial charge in [-0.3, -0.25) is 4.90 Å². The van der Waals surface area contributed by atoms with E-state index in [9.17, 15) is 5.11 Å². The molecule has 0 bridgehead atoms. The molecular formula is C11H24N2O2. The SMILES string of the molecule is CCC(N)C(CO)N(C)C1CCOC1C. The molecule has 1 saturated heterocycles. The summed E-state index contributed by atoms with van der Waals surface area (Å²) in [6.07, 6.45) is 2.16.